The van der Waals surface area contributed by atoms with E-state index in [2.05, 4.69) is 43.0 Å². The van der Waals surface area contributed by atoms with E-state index in [1.807, 2.05) is 68.4 Å². The molecule has 0 saturated heterocycles. The summed E-state index contributed by atoms with van der Waals surface area (Å²) in [5, 5.41) is 3.23. The Kier molecular flexibility index (Phi) is 7.39. The first-order chi connectivity index (χ1) is 14.6. The van der Waals surface area contributed by atoms with Gasteiger partial charge < -0.3 is 9.16 Å². The van der Waals surface area contributed by atoms with E-state index < -0.39 is 14.4 Å². The number of hydrogen-bond acceptors (Lipinski definition) is 3. The first-order valence-electron chi connectivity index (χ1n) is 10.3. The Morgan fingerprint density at radius 2 is 1.27 bits per heavy atom. The van der Waals surface area contributed by atoms with Gasteiger partial charge in [0.2, 0.25) is 0 Å². The molecule has 30 heavy (non-hydrogen) atoms. The maximum Gasteiger partial charge on any atom is 0.334 e. The van der Waals surface area contributed by atoms with Gasteiger partial charge in [-0.05, 0) is 22.5 Å². The van der Waals surface area contributed by atoms with Gasteiger partial charge in [0.1, 0.15) is 6.10 Å². The van der Waals surface area contributed by atoms with Crippen molar-refractivity contribution >= 4 is 29.8 Å². The van der Waals surface area contributed by atoms with Crippen LogP contribution in [0.1, 0.15) is 13.8 Å². The Labute approximate surface area is 180 Å². The van der Waals surface area contributed by atoms with Crippen molar-refractivity contribution in [1.29, 1.82) is 0 Å². The molecule has 154 valence electrons. The summed E-state index contributed by atoms with van der Waals surface area (Å²) in [6.07, 6.45) is 0.997. The number of rotatable bonds is 9. The molecule has 0 unspecified atom stereocenters. The highest BCUT2D eigenvalue weighted by molar-refractivity contribution is 7.07. The normalized spacial score (nSPS) is 13.3. The average Bonchev–Trinajstić information content (AvgIpc) is 2.81. The fourth-order valence-corrected chi connectivity index (χ4v) is 7.72. The summed E-state index contributed by atoms with van der Waals surface area (Å²) in [7, 11) is -3.01. The van der Waals surface area contributed by atoms with Crippen LogP contribution in [-0.2, 0) is 14.0 Å². The Bertz CT molecular complexity index is 845. The van der Waals surface area contributed by atoms with E-state index in [4.69, 9.17) is 9.16 Å². The van der Waals surface area contributed by atoms with Gasteiger partial charge in [-0.1, -0.05) is 104 Å². The fourth-order valence-electron chi connectivity index (χ4n) is 3.63. The highest BCUT2D eigenvalue weighted by Crippen LogP contribution is 2.19. The maximum atomic E-state index is 12.9. The Hall–Kier alpha value is -2.95. The third kappa shape index (κ3) is 4.45. The van der Waals surface area contributed by atoms with E-state index in [-0.39, 0.29) is 11.9 Å². The Balaban J connectivity index is 2.27. The molecule has 3 aromatic carbocycles. The predicted molar refractivity (Wildman–Crippen MR) is 125 cm³/mol. The summed E-state index contributed by atoms with van der Waals surface area (Å²) < 4.78 is 12.3. The minimum absolute atomic E-state index is 0.202. The maximum absolute atomic E-state index is 12.9. The second-order valence-corrected chi connectivity index (χ2v) is 10.5. The van der Waals surface area contributed by atoms with Crippen LogP contribution in [0.2, 0.25) is 0 Å². The van der Waals surface area contributed by atoms with Gasteiger partial charge >= 0.3 is 5.97 Å². The van der Waals surface area contributed by atoms with Crippen molar-refractivity contribution in [3.05, 3.63) is 104 Å². The van der Waals surface area contributed by atoms with Crippen LogP contribution in [0, 0.1) is 5.92 Å². The molecule has 3 aromatic rings. The highest BCUT2D eigenvalue weighted by atomic mass is 28.4. The molecule has 0 N–H and O–H groups in total. The number of hydrogen-bond donors (Lipinski definition) is 0. The van der Waals surface area contributed by atoms with Crippen molar-refractivity contribution in [1.82, 2.24) is 0 Å². The third-order valence-electron chi connectivity index (χ3n) is 5.21. The van der Waals surface area contributed by atoms with Gasteiger partial charge in [-0.2, -0.15) is 0 Å². The zero-order chi connectivity index (χ0) is 21.4. The molecule has 0 bridgehead atoms. The van der Waals surface area contributed by atoms with Crippen LogP contribution in [-0.4, -0.2) is 27.0 Å². The fraction of sp³-hybridized carbons (Fsp3) is 0.192. The molecule has 0 aliphatic carbocycles. The predicted octanol–water partition coefficient (Wildman–Crippen LogP) is 3.42. The van der Waals surface area contributed by atoms with E-state index in [9.17, 15) is 4.79 Å². The van der Waals surface area contributed by atoms with Crippen molar-refractivity contribution in [3.63, 3.8) is 0 Å². The number of carbonyl (C=O) groups excluding carboxylic acids is 1. The molecule has 4 heteroatoms. The molecule has 2 atom stereocenters. The summed E-state index contributed by atoms with van der Waals surface area (Å²) in [5.74, 6) is -0.559. The second-order valence-electron chi connectivity index (χ2n) is 7.16. The summed E-state index contributed by atoms with van der Waals surface area (Å²) >= 11 is 0. The van der Waals surface area contributed by atoms with Gasteiger partial charge in [0.25, 0.3) is 8.32 Å². The van der Waals surface area contributed by atoms with Crippen LogP contribution in [0.25, 0.3) is 0 Å². The molecular weight excluding hydrogens is 388 g/mol. The number of carbonyl (C=O) groups is 1. The lowest BCUT2D eigenvalue weighted by molar-refractivity contribution is -0.153. The molecule has 0 saturated carbocycles. The SMILES string of the molecule is C=C[C@@H](C)[C@@H](O[Si](c1ccccc1)(c1ccccc1)c1ccccc1)C(=O)OCC. The zero-order valence-electron chi connectivity index (χ0n) is 17.5. The standard InChI is InChI=1S/C26H28O3Si/c1-4-21(3)25(26(27)28-5-2)29-30(22-15-9-6-10-16-22,23-17-11-7-12-18-23)24-19-13-8-14-20-24/h4,6-21,25H,1,5H2,2-3H3/t21-,25-/m1/s1. The minimum Gasteiger partial charge on any atom is -0.464 e. The molecule has 0 radical (unpaired) electrons. The van der Waals surface area contributed by atoms with Crippen molar-refractivity contribution in [2.75, 3.05) is 6.61 Å². The zero-order valence-corrected chi connectivity index (χ0v) is 18.5. The van der Waals surface area contributed by atoms with E-state index in [0.29, 0.717) is 6.61 Å². The number of benzene rings is 3. The minimum atomic E-state index is -3.01. The van der Waals surface area contributed by atoms with Crippen LogP contribution >= 0.6 is 0 Å². The van der Waals surface area contributed by atoms with Crippen LogP contribution in [0.5, 0.6) is 0 Å². The summed E-state index contributed by atoms with van der Waals surface area (Å²) in [6, 6.07) is 30.6. The monoisotopic (exact) mass is 416 g/mol. The molecule has 3 nitrogen and oxygen atoms in total. The van der Waals surface area contributed by atoms with Crippen LogP contribution in [0.3, 0.4) is 0 Å². The average molecular weight is 417 g/mol. The van der Waals surface area contributed by atoms with Gasteiger partial charge in [-0.3, -0.25) is 0 Å². The molecule has 0 aliphatic heterocycles. The first-order valence-corrected chi connectivity index (χ1v) is 12.2. The largest absolute Gasteiger partial charge is 0.464 e. The molecule has 0 aliphatic rings. The molecule has 0 aromatic heterocycles. The number of esters is 1. The second kappa shape index (κ2) is 10.2. The lowest BCUT2D eigenvalue weighted by atomic mass is 10.1. The quantitative estimate of drug-likeness (QED) is 0.232. The molecule has 0 spiro atoms. The first kappa shape index (κ1) is 21.7. The lowest BCUT2D eigenvalue weighted by Gasteiger charge is -2.37. The van der Waals surface area contributed by atoms with Crippen molar-refractivity contribution < 1.29 is 14.0 Å². The Morgan fingerprint density at radius 3 is 1.60 bits per heavy atom. The summed E-state index contributed by atoms with van der Waals surface area (Å²) in [4.78, 5) is 12.9. The third-order valence-corrected chi connectivity index (χ3v) is 9.26. The molecule has 0 fully saturated rings. The van der Waals surface area contributed by atoms with Crippen LogP contribution in [0.4, 0.5) is 0 Å². The van der Waals surface area contributed by atoms with Crippen molar-refractivity contribution in [3.8, 4) is 0 Å². The number of ether oxygens (including phenoxy) is 1. The summed E-state index contributed by atoms with van der Waals surface area (Å²) in [6.45, 7) is 7.95. The van der Waals surface area contributed by atoms with Gasteiger partial charge in [0.05, 0.1) is 6.61 Å². The lowest BCUT2D eigenvalue weighted by Crippen LogP contribution is -2.71. The van der Waals surface area contributed by atoms with Gasteiger partial charge in [0.15, 0.2) is 0 Å². The molecule has 0 amide bonds. The molecular formula is C26H28O3Si. The van der Waals surface area contributed by atoms with Crippen molar-refractivity contribution in [2.24, 2.45) is 5.92 Å². The molecule has 3 rings (SSSR count). The smallest absolute Gasteiger partial charge is 0.334 e. The van der Waals surface area contributed by atoms with Gasteiger partial charge in [0, 0.05) is 5.92 Å². The van der Waals surface area contributed by atoms with Crippen LogP contribution in [0.15, 0.2) is 104 Å². The summed E-state index contributed by atoms with van der Waals surface area (Å²) in [5.41, 5.74) is 0. The van der Waals surface area contributed by atoms with Gasteiger partial charge in [-0.25, -0.2) is 4.79 Å². The van der Waals surface area contributed by atoms with Crippen molar-refractivity contribution in [2.45, 2.75) is 20.0 Å². The van der Waals surface area contributed by atoms with E-state index in [1.54, 1.807) is 6.08 Å². The molecule has 0 heterocycles. The van der Waals surface area contributed by atoms with Gasteiger partial charge in [-0.15, -0.1) is 6.58 Å². The van der Waals surface area contributed by atoms with E-state index in [1.165, 1.54) is 0 Å². The Morgan fingerprint density at radius 1 is 0.867 bits per heavy atom. The van der Waals surface area contributed by atoms with E-state index >= 15 is 0 Å². The topological polar surface area (TPSA) is 35.5 Å². The highest BCUT2D eigenvalue weighted by Gasteiger charge is 2.46. The van der Waals surface area contributed by atoms with Crippen LogP contribution < -0.4 is 15.6 Å². The van der Waals surface area contributed by atoms with E-state index in [0.717, 1.165) is 15.6 Å².